The highest BCUT2D eigenvalue weighted by Crippen LogP contribution is 2.30. The highest BCUT2D eigenvalue weighted by Gasteiger charge is 2.36. The van der Waals surface area contributed by atoms with Crippen LogP contribution in [0.3, 0.4) is 0 Å². The normalized spacial score (nSPS) is 28.1. The van der Waals surface area contributed by atoms with Gasteiger partial charge in [0.05, 0.1) is 12.1 Å². The molecule has 0 aliphatic carbocycles. The topological polar surface area (TPSA) is 66.6 Å². The molecule has 5 nitrogen and oxygen atoms in total. The Morgan fingerprint density at radius 2 is 1.81 bits per heavy atom. The standard InChI is InChI=1S/C16H25N3O2/c1-15(2,3)11-8-20-13(18-11)10(7-17)14-19-12(9-21-14)16(4,5)6/h11-12,18H,8-9H2,1-6H3/b13-10+/t11-,12-/m0/s1. The Balaban J connectivity index is 2.23. The van der Waals surface area contributed by atoms with E-state index in [2.05, 4.69) is 57.9 Å². The molecular weight excluding hydrogens is 266 g/mol. The van der Waals surface area contributed by atoms with Gasteiger partial charge in [-0.1, -0.05) is 41.5 Å². The Labute approximate surface area is 127 Å². The zero-order chi connectivity index (χ0) is 15.8. The van der Waals surface area contributed by atoms with Crippen molar-refractivity contribution in [3.8, 4) is 6.07 Å². The van der Waals surface area contributed by atoms with Gasteiger partial charge in [-0.15, -0.1) is 0 Å². The summed E-state index contributed by atoms with van der Waals surface area (Å²) < 4.78 is 11.3. The zero-order valence-corrected chi connectivity index (χ0v) is 13.8. The minimum absolute atomic E-state index is 0.0187. The van der Waals surface area contributed by atoms with Gasteiger partial charge in [0, 0.05) is 0 Å². The Kier molecular flexibility index (Phi) is 3.92. The van der Waals surface area contributed by atoms with E-state index in [0.717, 1.165) is 0 Å². The summed E-state index contributed by atoms with van der Waals surface area (Å²) in [4.78, 5) is 4.56. The fourth-order valence-electron chi connectivity index (χ4n) is 2.17. The Bertz CT molecular complexity index is 515. The Hall–Kier alpha value is -1.70. The maximum absolute atomic E-state index is 9.44. The van der Waals surface area contributed by atoms with Crippen LogP contribution < -0.4 is 5.32 Å². The minimum atomic E-state index is 0.0187. The van der Waals surface area contributed by atoms with Gasteiger partial charge >= 0.3 is 0 Å². The predicted molar refractivity (Wildman–Crippen MR) is 81.6 cm³/mol. The molecule has 0 aromatic carbocycles. The van der Waals surface area contributed by atoms with Crippen LogP contribution in [0.2, 0.25) is 0 Å². The lowest BCUT2D eigenvalue weighted by Crippen LogP contribution is -2.36. The molecule has 5 heteroatoms. The number of nitriles is 1. The van der Waals surface area contributed by atoms with Crippen molar-refractivity contribution >= 4 is 5.90 Å². The van der Waals surface area contributed by atoms with Crippen LogP contribution in [0.5, 0.6) is 0 Å². The van der Waals surface area contributed by atoms with Crippen LogP contribution in [0.1, 0.15) is 41.5 Å². The maximum Gasteiger partial charge on any atom is 0.233 e. The molecule has 1 fully saturated rings. The lowest BCUT2D eigenvalue weighted by Gasteiger charge is -2.24. The number of rotatable bonds is 1. The quantitative estimate of drug-likeness (QED) is 0.754. The SMILES string of the molecule is CC(C)(C)[C@@H]1COC(/C(C#N)=C2\N[C@H](C(C)(C)C)CO2)=N1. The van der Waals surface area contributed by atoms with E-state index in [-0.39, 0.29) is 22.9 Å². The summed E-state index contributed by atoms with van der Waals surface area (Å²) in [6, 6.07) is 2.41. The summed E-state index contributed by atoms with van der Waals surface area (Å²) in [5.41, 5.74) is 0.452. The van der Waals surface area contributed by atoms with E-state index in [0.29, 0.717) is 30.6 Å². The van der Waals surface area contributed by atoms with E-state index in [1.54, 1.807) is 0 Å². The number of aliphatic imine (C=N–C) groups is 1. The lowest BCUT2D eigenvalue weighted by atomic mass is 9.88. The summed E-state index contributed by atoms with van der Waals surface area (Å²) in [7, 11) is 0. The first-order valence-corrected chi connectivity index (χ1v) is 7.37. The third-order valence-electron chi connectivity index (χ3n) is 3.95. The third kappa shape index (κ3) is 3.31. The van der Waals surface area contributed by atoms with Crippen molar-refractivity contribution in [1.29, 1.82) is 5.26 Å². The van der Waals surface area contributed by atoms with E-state index in [1.807, 2.05) is 0 Å². The molecule has 0 radical (unpaired) electrons. The first-order valence-electron chi connectivity index (χ1n) is 7.37. The zero-order valence-electron chi connectivity index (χ0n) is 13.8. The van der Waals surface area contributed by atoms with E-state index >= 15 is 0 Å². The molecule has 0 unspecified atom stereocenters. The van der Waals surface area contributed by atoms with Crippen molar-refractivity contribution < 1.29 is 9.47 Å². The predicted octanol–water partition coefficient (Wildman–Crippen LogP) is 2.60. The summed E-state index contributed by atoms with van der Waals surface area (Å²) in [6.07, 6.45) is 0. The highest BCUT2D eigenvalue weighted by molar-refractivity contribution is 5.98. The van der Waals surface area contributed by atoms with Crippen molar-refractivity contribution in [2.24, 2.45) is 15.8 Å². The summed E-state index contributed by atoms with van der Waals surface area (Å²) in [5, 5.41) is 12.7. The van der Waals surface area contributed by atoms with Crippen molar-refractivity contribution in [2.75, 3.05) is 13.2 Å². The monoisotopic (exact) mass is 291 g/mol. The molecule has 21 heavy (non-hydrogen) atoms. The molecule has 0 aromatic heterocycles. The van der Waals surface area contributed by atoms with Gasteiger partial charge in [0.25, 0.3) is 0 Å². The second-order valence-corrected chi connectivity index (χ2v) is 7.82. The Morgan fingerprint density at radius 1 is 1.14 bits per heavy atom. The van der Waals surface area contributed by atoms with Gasteiger partial charge in [0.15, 0.2) is 5.57 Å². The largest absolute Gasteiger partial charge is 0.476 e. The van der Waals surface area contributed by atoms with Gasteiger partial charge in [-0.3, -0.25) is 0 Å². The van der Waals surface area contributed by atoms with Crippen molar-refractivity contribution in [1.82, 2.24) is 5.32 Å². The van der Waals surface area contributed by atoms with Gasteiger partial charge in [0.2, 0.25) is 11.8 Å². The van der Waals surface area contributed by atoms with Gasteiger partial charge in [-0.25, -0.2) is 4.99 Å². The van der Waals surface area contributed by atoms with Gasteiger partial charge < -0.3 is 14.8 Å². The van der Waals surface area contributed by atoms with Gasteiger partial charge in [-0.05, 0) is 10.8 Å². The maximum atomic E-state index is 9.44. The first kappa shape index (κ1) is 15.7. The lowest BCUT2D eigenvalue weighted by molar-refractivity contribution is 0.213. The van der Waals surface area contributed by atoms with Crippen molar-refractivity contribution in [2.45, 2.75) is 53.6 Å². The molecule has 2 atom stereocenters. The molecular formula is C16H25N3O2. The van der Waals surface area contributed by atoms with E-state index in [9.17, 15) is 5.26 Å². The average molecular weight is 291 g/mol. The molecule has 1 saturated heterocycles. The van der Waals surface area contributed by atoms with E-state index < -0.39 is 0 Å². The molecule has 2 rings (SSSR count). The van der Waals surface area contributed by atoms with Gasteiger partial charge in [0.1, 0.15) is 19.3 Å². The van der Waals surface area contributed by atoms with Crippen LogP contribution >= 0.6 is 0 Å². The van der Waals surface area contributed by atoms with E-state index in [4.69, 9.17) is 9.47 Å². The van der Waals surface area contributed by atoms with Crippen molar-refractivity contribution in [3.63, 3.8) is 0 Å². The molecule has 0 aromatic rings. The second-order valence-electron chi connectivity index (χ2n) is 7.82. The first-order chi connectivity index (χ1) is 9.63. The molecule has 0 saturated carbocycles. The summed E-state index contributed by atoms with van der Waals surface area (Å²) >= 11 is 0. The molecule has 2 aliphatic rings. The molecule has 2 heterocycles. The minimum Gasteiger partial charge on any atom is -0.476 e. The number of hydrogen-bond donors (Lipinski definition) is 1. The highest BCUT2D eigenvalue weighted by atomic mass is 16.5. The van der Waals surface area contributed by atoms with Gasteiger partial charge in [-0.2, -0.15) is 5.26 Å². The molecule has 116 valence electrons. The number of hydrogen-bond acceptors (Lipinski definition) is 5. The summed E-state index contributed by atoms with van der Waals surface area (Å²) in [6.45, 7) is 13.8. The number of nitrogens with zero attached hydrogens (tertiary/aromatic N) is 2. The van der Waals surface area contributed by atoms with Crippen LogP contribution in [0.25, 0.3) is 0 Å². The molecule has 1 N–H and O–H groups in total. The smallest absolute Gasteiger partial charge is 0.233 e. The van der Waals surface area contributed by atoms with Crippen LogP contribution in [0, 0.1) is 22.2 Å². The molecule has 0 bridgehead atoms. The molecule has 0 spiro atoms. The van der Waals surface area contributed by atoms with Crippen LogP contribution in [0.4, 0.5) is 0 Å². The fourth-order valence-corrected chi connectivity index (χ4v) is 2.17. The second kappa shape index (κ2) is 5.25. The molecule has 2 aliphatic heterocycles. The Morgan fingerprint density at radius 3 is 2.24 bits per heavy atom. The van der Waals surface area contributed by atoms with Crippen LogP contribution in [-0.2, 0) is 9.47 Å². The fraction of sp³-hybridized carbons (Fsp3) is 0.750. The van der Waals surface area contributed by atoms with Crippen molar-refractivity contribution in [3.05, 3.63) is 11.5 Å². The average Bonchev–Trinajstić information content (AvgIpc) is 2.96. The summed E-state index contributed by atoms with van der Waals surface area (Å²) in [5.74, 6) is 0.889. The number of ether oxygens (including phenoxy) is 2. The van der Waals surface area contributed by atoms with Crippen LogP contribution in [0.15, 0.2) is 16.4 Å². The van der Waals surface area contributed by atoms with Crippen LogP contribution in [-0.4, -0.2) is 31.2 Å². The third-order valence-corrected chi connectivity index (χ3v) is 3.95. The number of nitrogens with one attached hydrogen (secondary N) is 1. The van der Waals surface area contributed by atoms with E-state index in [1.165, 1.54) is 0 Å². The molecule has 0 amide bonds.